The van der Waals surface area contributed by atoms with Gasteiger partial charge >= 0.3 is 0 Å². The fourth-order valence-corrected chi connectivity index (χ4v) is 7.73. The molecule has 1 aliphatic rings. The highest BCUT2D eigenvalue weighted by Gasteiger charge is 2.39. The molecule has 1 aromatic heterocycles. The number of hydrogen-bond acceptors (Lipinski definition) is 3. The standard InChI is InChI=1S/C30H30F3N3O2Si/c1-35-29(33)26(27(34-35)28(31)32)30(37)36(21-13-14-21)19-20-9-7-8-12-25(20)39(2,3)24-17-15-23(16-18-24)38-22-10-5-4-6-11-22/h4-12,15-18,21,28H,13-14,19H2,1-3H3. The quantitative estimate of drug-likeness (QED) is 0.244. The molecule has 3 aromatic carbocycles. The van der Waals surface area contributed by atoms with Gasteiger partial charge in [-0.2, -0.15) is 9.49 Å². The van der Waals surface area contributed by atoms with Gasteiger partial charge in [0.05, 0.1) is 0 Å². The van der Waals surface area contributed by atoms with E-state index in [-0.39, 0.29) is 12.6 Å². The van der Waals surface area contributed by atoms with Crippen LogP contribution in [0.2, 0.25) is 13.1 Å². The van der Waals surface area contributed by atoms with Crippen LogP contribution in [-0.4, -0.2) is 34.7 Å². The van der Waals surface area contributed by atoms with Crippen LogP contribution in [0.15, 0.2) is 78.9 Å². The van der Waals surface area contributed by atoms with Crippen LogP contribution < -0.4 is 15.1 Å². The van der Waals surface area contributed by atoms with E-state index >= 15 is 0 Å². The number of benzene rings is 3. The lowest BCUT2D eigenvalue weighted by Crippen LogP contribution is -2.54. The van der Waals surface area contributed by atoms with Crippen molar-refractivity contribution in [3.05, 3.63) is 102 Å². The van der Waals surface area contributed by atoms with Crippen LogP contribution in [0.1, 0.15) is 40.9 Å². The lowest BCUT2D eigenvalue weighted by Gasteiger charge is -2.30. The Balaban J connectivity index is 1.43. The van der Waals surface area contributed by atoms with Crippen molar-refractivity contribution in [1.82, 2.24) is 14.7 Å². The fourth-order valence-electron chi connectivity index (χ4n) is 4.94. The molecule has 202 valence electrons. The highest BCUT2D eigenvalue weighted by atomic mass is 28.3. The number of amides is 1. The average Bonchev–Trinajstić information content (AvgIpc) is 3.72. The van der Waals surface area contributed by atoms with Crippen LogP contribution in [0.4, 0.5) is 13.2 Å². The maximum atomic E-state index is 14.8. The summed E-state index contributed by atoms with van der Waals surface area (Å²) in [6.45, 7) is 4.68. The average molecular weight is 550 g/mol. The third kappa shape index (κ3) is 5.49. The summed E-state index contributed by atoms with van der Waals surface area (Å²) in [4.78, 5) is 15.0. The van der Waals surface area contributed by atoms with Gasteiger partial charge in [0.15, 0.2) is 0 Å². The first kappa shape index (κ1) is 26.7. The van der Waals surface area contributed by atoms with Crippen molar-refractivity contribution in [1.29, 1.82) is 0 Å². The van der Waals surface area contributed by atoms with Gasteiger partial charge in [0, 0.05) is 19.6 Å². The highest BCUT2D eigenvalue weighted by Crippen LogP contribution is 2.33. The van der Waals surface area contributed by atoms with Crippen molar-refractivity contribution in [2.45, 2.75) is 44.9 Å². The molecule has 1 fully saturated rings. The maximum absolute atomic E-state index is 14.8. The van der Waals surface area contributed by atoms with Crippen molar-refractivity contribution in [2.75, 3.05) is 0 Å². The van der Waals surface area contributed by atoms with Gasteiger partial charge < -0.3 is 9.64 Å². The van der Waals surface area contributed by atoms with E-state index < -0.39 is 37.6 Å². The lowest BCUT2D eigenvalue weighted by molar-refractivity contribution is 0.0712. The predicted octanol–water partition coefficient (Wildman–Crippen LogP) is 5.92. The van der Waals surface area contributed by atoms with Crippen LogP contribution in [-0.2, 0) is 13.6 Å². The second kappa shape index (κ2) is 10.7. The summed E-state index contributed by atoms with van der Waals surface area (Å²) in [6.07, 6.45) is -1.54. The third-order valence-corrected chi connectivity index (χ3v) is 10.9. The number of ether oxygens (including phenoxy) is 1. The van der Waals surface area contributed by atoms with E-state index in [2.05, 4.69) is 36.4 Å². The Bertz CT molecular complexity index is 1470. The largest absolute Gasteiger partial charge is 0.457 e. The molecule has 4 aromatic rings. The molecule has 0 N–H and O–H groups in total. The number of aromatic nitrogens is 2. The lowest BCUT2D eigenvalue weighted by atomic mass is 10.1. The van der Waals surface area contributed by atoms with E-state index in [4.69, 9.17) is 4.74 Å². The SMILES string of the molecule is Cn1nc(C(F)F)c(C(=O)N(Cc2ccccc2[Si](C)(C)c2ccc(Oc3ccccc3)cc2)C2CC2)c1F. The molecule has 0 aliphatic heterocycles. The van der Waals surface area contributed by atoms with Gasteiger partial charge in [-0.15, -0.1) is 0 Å². The summed E-state index contributed by atoms with van der Waals surface area (Å²) < 4.78 is 48.7. The van der Waals surface area contributed by atoms with Crippen molar-refractivity contribution >= 4 is 24.4 Å². The molecule has 1 aliphatic carbocycles. The number of aryl methyl sites for hydroxylation is 1. The molecule has 0 unspecified atom stereocenters. The molecular formula is C30H30F3N3O2Si. The first-order valence-electron chi connectivity index (χ1n) is 12.9. The summed E-state index contributed by atoms with van der Waals surface area (Å²) in [7, 11) is -1.03. The first-order chi connectivity index (χ1) is 18.7. The van der Waals surface area contributed by atoms with Crippen LogP contribution >= 0.6 is 0 Å². The summed E-state index contributed by atoms with van der Waals surface area (Å²) in [5.41, 5.74) is -0.518. The molecule has 0 radical (unpaired) electrons. The monoisotopic (exact) mass is 549 g/mol. The van der Waals surface area contributed by atoms with Crippen LogP contribution in [0, 0.1) is 5.95 Å². The van der Waals surface area contributed by atoms with Crippen LogP contribution in [0.25, 0.3) is 0 Å². The zero-order valence-electron chi connectivity index (χ0n) is 22.1. The molecule has 0 bridgehead atoms. The van der Waals surface area contributed by atoms with E-state index in [9.17, 15) is 18.0 Å². The Morgan fingerprint density at radius 3 is 2.26 bits per heavy atom. The number of rotatable bonds is 9. The summed E-state index contributed by atoms with van der Waals surface area (Å²) in [5.74, 6) is -0.282. The second-order valence-electron chi connectivity index (χ2n) is 10.4. The second-order valence-corrected chi connectivity index (χ2v) is 14.7. The zero-order chi connectivity index (χ0) is 27.7. The van der Waals surface area contributed by atoms with Gasteiger partial charge in [0.1, 0.15) is 30.8 Å². The molecule has 1 heterocycles. The molecule has 39 heavy (non-hydrogen) atoms. The topological polar surface area (TPSA) is 47.4 Å². The minimum absolute atomic E-state index is 0.116. The van der Waals surface area contributed by atoms with Gasteiger partial charge in [0.2, 0.25) is 5.95 Å². The van der Waals surface area contributed by atoms with Gasteiger partial charge in [-0.3, -0.25) is 4.79 Å². The smallest absolute Gasteiger partial charge is 0.283 e. The number of alkyl halides is 2. The van der Waals surface area contributed by atoms with Gasteiger partial charge in [-0.1, -0.05) is 72.9 Å². The summed E-state index contributed by atoms with van der Waals surface area (Å²) in [5, 5.41) is 5.88. The molecule has 1 amide bonds. The molecule has 1 saturated carbocycles. The van der Waals surface area contributed by atoms with E-state index in [0.717, 1.165) is 35.1 Å². The molecule has 0 saturated heterocycles. The Kier molecular flexibility index (Phi) is 7.35. The highest BCUT2D eigenvalue weighted by molar-refractivity contribution is 7.00. The normalized spacial score (nSPS) is 13.5. The Hall–Kier alpha value is -3.85. The number of halogens is 3. The molecule has 0 atom stereocenters. The first-order valence-corrected chi connectivity index (χ1v) is 15.9. The van der Waals surface area contributed by atoms with Crippen molar-refractivity contribution in [2.24, 2.45) is 7.05 Å². The third-order valence-electron chi connectivity index (χ3n) is 7.26. The fraction of sp³-hybridized carbons (Fsp3) is 0.267. The van der Waals surface area contributed by atoms with Crippen molar-refractivity contribution in [3.63, 3.8) is 0 Å². The van der Waals surface area contributed by atoms with E-state index in [0.29, 0.717) is 4.68 Å². The van der Waals surface area contributed by atoms with Crippen molar-refractivity contribution in [3.8, 4) is 11.5 Å². The Morgan fingerprint density at radius 1 is 1.00 bits per heavy atom. The number of para-hydroxylation sites is 1. The van der Waals surface area contributed by atoms with Crippen molar-refractivity contribution < 1.29 is 22.7 Å². The minimum atomic E-state index is -3.05. The number of carbonyl (C=O) groups is 1. The Morgan fingerprint density at radius 2 is 1.62 bits per heavy atom. The van der Waals surface area contributed by atoms with Gasteiger partial charge in [-0.05, 0) is 47.9 Å². The summed E-state index contributed by atoms with van der Waals surface area (Å²) in [6, 6.07) is 25.4. The van der Waals surface area contributed by atoms with E-state index in [1.54, 1.807) is 0 Å². The molecule has 5 nitrogen and oxygen atoms in total. The minimum Gasteiger partial charge on any atom is -0.457 e. The molecule has 5 rings (SSSR count). The number of carbonyl (C=O) groups excluding carboxylic acids is 1. The Labute approximate surface area is 226 Å². The van der Waals surface area contributed by atoms with E-state index in [1.807, 2.05) is 60.7 Å². The van der Waals surface area contributed by atoms with E-state index in [1.165, 1.54) is 17.1 Å². The molecular weight excluding hydrogens is 519 g/mol. The maximum Gasteiger partial charge on any atom is 0.283 e. The van der Waals surface area contributed by atoms with Gasteiger partial charge in [0.25, 0.3) is 12.3 Å². The number of nitrogens with zero attached hydrogens (tertiary/aromatic N) is 3. The van der Waals surface area contributed by atoms with Crippen LogP contribution in [0.3, 0.4) is 0 Å². The van der Waals surface area contributed by atoms with Crippen LogP contribution in [0.5, 0.6) is 11.5 Å². The predicted molar refractivity (Wildman–Crippen MR) is 147 cm³/mol. The molecule has 0 spiro atoms. The number of hydrogen-bond donors (Lipinski definition) is 0. The molecule has 9 heteroatoms. The summed E-state index contributed by atoms with van der Waals surface area (Å²) >= 11 is 0. The zero-order valence-corrected chi connectivity index (χ0v) is 23.1. The van der Waals surface area contributed by atoms with Gasteiger partial charge in [-0.25, -0.2) is 13.5 Å².